The highest BCUT2D eigenvalue weighted by Gasteiger charge is 2.16. The zero-order valence-corrected chi connectivity index (χ0v) is 21.4. The maximum Gasteiger partial charge on any atom is 0.248 e. The highest BCUT2D eigenvalue weighted by atomic mass is 32.2. The van der Waals surface area contributed by atoms with Gasteiger partial charge in [-0.3, -0.25) is 9.78 Å². The summed E-state index contributed by atoms with van der Waals surface area (Å²) in [7, 11) is 0. The molecule has 1 amide bonds. The molecule has 5 rings (SSSR count). The molecule has 194 valence electrons. The number of carbonyl (C=O) groups is 1. The van der Waals surface area contributed by atoms with Gasteiger partial charge in [0.1, 0.15) is 5.75 Å². The Bertz CT molecular complexity index is 1410. The van der Waals surface area contributed by atoms with Crippen molar-refractivity contribution >= 4 is 29.5 Å². The Kier molecular flexibility index (Phi) is 7.98. The number of rotatable bonds is 9. The number of carbonyl (C=O) groups excluding carboxylic acids is 1. The summed E-state index contributed by atoms with van der Waals surface area (Å²) in [6, 6.07) is 15.3. The molecule has 0 unspecified atom stereocenters. The molecule has 0 spiro atoms. The van der Waals surface area contributed by atoms with Crippen LogP contribution in [0.1, 0.15) is 42.5 Å². The molecule has 0 aliphatic heterocycles. The third kappa shape index (κ3) is 6.38. The average molecular weight is 531 g/mol. The summed E-state index contributed by atoms with van der Waals surface area (Å²) in [6.07, 6.45) is 10.9. The number of amides is 1. The van der Waals surface area contributed by atoms with Crippen molar-refractivity contribution in [2.45, 2.75) is 43.0 Å². The standard InChI is InChI=1S/C28H27FN6O2S/c29-23-16-20(35-38-21-9-6-18(7-10-21)27(30)36)8-11-26(23)37-25-13-14-31-17-22(25)24-12-15-32-28(34-24)33-19-4-2-1-3-5-19/h6-17,19,35H,1-5H2,(H2,30,36)(H,32,33,34). The molecule has 8 nitrogen and oxygen atoms in total. The summed E-state index contributed by atoms with van der Waals surface area (Å²) < 4.78 is 24.0. The van der Waals surface area contributed by atoms with Gasteiger partial charge < -0.3 is 20.5 Å². The zero-order valence-electron chi connectivity index (χ0n) is 20.6. The van der Waals surface area contributed by atoms with Crippen LogP contribution in [-0.4, -0.2) is 26.9 Å². The Morgan fingerprint density at radius 3 is 2.58 bits per heavy atom. The topological polar surface area (TPSA) is 115 Å². The minimum absolute atomic E-state index is 0.0772. The van der Waals surface area contributed by atoms with Gasteiger partial charge in [-0.05, 0) is 73.3 Å². The van der Waals surface area contributed by atoms with Gasteiger partial charge in [-0.1, -0.05) is 19.3 Å². The first-order valence-electron chi connectivity index (χ1n) is 12.4. The first-order chi connectivity index (χ1) is 18.5. The third-order valence-electron chi connectivity index (χ3n) is 6.23. The molecule has 1 saturated carbocycles. The number of anilines is 2. The Labute approximate surface area is 224 Å². The van der Waals surface area contributed by atoms with Gasteiger partial charge in [0.25, 0.3) is 0 Å². The summed E-state index contributed by atoms with van der Waals surface area (Å²) in [6.45, 7) is 0. The number of nitrogens with two attached hydrogens (primary N) is 1. The van der Waals surface area contributed by atoms with Gasteiger partial charge in [0.15, 0.2) is 11.6 Å². The normalized spacial score (nSPS) is 13.6. The molecule has 0 atom stereocenters. The summed E-state index contributed by atoms with van der Waals surface area (Å²) in [4.78, 5) is 25.3. The molecule has 0 radical (unpaired) electrons. The van der Waals surface area contributed by atoms with Gasteiger partial charge in [-0.25, -0.2) is 14.4 Å². The molecule has 1 aliphatic rings. The lowest BCUT2D eigenvalue weighted by atomic mass is 9.96. The minimum Gasteiger partial charge on any atom is -0.453 e. The lowest BCUT2D eigenvalue weighted by Gasteiger charge is -2.22. The number of nitrogens with zero attached hydrogens (tertiary/aromatic N) is 3. The van der Waals surface area contributed by atoms with E-state index in [2.05, 4.69) is 25.0 Å². The van der Waals surface area contributed by atoms with Crippen molar-refractivity contribution in [1.29, 1.82) is 0 Å². The molecule has 2 aromatic carbocycles. The van der Waals surface area contributed by atoms with Crippen molar-refractivity contribution in [2.24, 2.45) is 5.73 Å². The van der Waals surface area contributed by atoms with E-state index in [0.29, 0.717) is 40.2 Å². The van der Waals surface area contributed by atoms with Crippen LogP contribution in [0.15, 0.2) is 78.1 Å². The largest absolute Gasteiger partial charge is 0.453 e. The Morgan fingerprint density at radius 2 is 1.82 bits per heavy atom. The fourth-order valence-corrected chi connectivity index (χ4v) is 4.88. The molecule has 1 aliphatic carbocycles. The van der Waals surface area contributed by atoms with Crippen LogP contribution in [-0.2, 0) is 0 Å². The molecule has 1 fully saturated rings. The van der Waals surface area contributed by atoms with Crippen LogP contribution in [0, 0.1) is 5.82 Å². The second-order valence-corrected chi connectivity index (χ2v) is 9.84. The van der Waals surface area contributed by atoms with Crippen LogP contribution in [0.5, 0.6) is 11.5 Å². The van der Waals surface area contributed by atoms with E-state index in [4.69, 9.17) is 10.5 Å². The summed E-state index contributed by atoms with van der Waals surface area (Å²) in [5.41, 5.74) is 7.53. The first-order valence-corrected chi connectivity index (χ1v) is 13.2. The monoisotopic (exact) mass is 530 g/mol. The highest BCUT2D eigenvalue weighted by Crippen LogP contribution is 2.34. The molecular weight excluding hydrogens is 503 g/mol. The summed E-state index contributed by atoms with van der Waals surface area (Å²) in [5, 5.41) is 3.43. The van der Waals surface area contributed by atoms with Crippen molar-refractivity contribution < 1.29 is 13.9 Å². The molecule has 2 heterocycles. The van der Waals surface area contributed by atoms with E-state index in [-0.39, 0.29) is 5.75 Å². The first kappa shape index (κ1) is 25.5. The molecule has 0 bridgehead atoms. The van der Waals surface area contributed by atoms with Gasteiger partial charge in [-0.2, -0.15) is 0 Å². The van der Waals surface area contributed by atoms with Crippen LogP contribution < -0.4 is 20.5 Å². The second-order valence-electron chi connectivity index (χ2n) is 8.96. The average Bonchev–Trinajstić information content (AvgIpc) is 2.94. The number of hydrogen-bond donors (Lipinski definition) is 3. The Balaban J connectivity index is 1.28. The molecule has 38 heavy (non-hydrogen) atoms. The number of pyridine rings is 1. The molecular formula is C28H27FN6O2S. The van der Waals surface area contributed by atoms with E-state index in [9.17, 15) is 9.18 Å². The number of aromatic nitrogens is 3. The smallest absolute Gasteiger partial charge is 0.248 e. The zero-order chi connectivity index (χ0) is 26.3. The van der Waals surface area contributed by atoms with Crippen LogP contribution >= 0.6 is 11.9 Å². The van der Waals surface area contributed by atoms with Crippen molar-refractivity contribution in [3.05, 3.63) is 84.6 Å². The number of benzene rings is 2. The summed E-state index contributed by atoms with van der Waals surface area (Å²) in [5.74, 6) is 0.0670. The van der Waals surface area contributed by atoms with Crippen molar-refractivity contribution in [2.75, 3.05) is 10.0 Å². The van der Waals surface area contributed by atoms with Crippen molar-refractivity contribution in [1.82, 2.24) is 15.0 Å². The lowest BCUT2D eigenvalue weighted by molar-refractivity contribution is 0.1000. The van der Waals surface area contributed by atoms with Crippen LogP contribution in [0.25, 0.3) is 11.3 Å². The SMILES string of the molecule is NC(=O)c1ccc(SNc2ccc(Oc3ccncc3-c3ccnc(NC4CCCCC4)n3)c(F)c2)cc1. The molecule has 0 saturated heterocycles. The number of halogens is 1. The lowest BCUT2D eigenvalue weighted by Crippen LogP contribution is -2.23. The van der Waals surface area contributed by atoms with Crippen LogP contribution in [0.4, 0.5) is 16.0 Å². The number of hydrogen-bond acceptors (Lipinski definition) is 8. The number of ether oxygens (including phenoxy) is 1. The quantitative estimate of drug-likeness (QED) is 0.212. The molecule has 2 aromatic heterocycles. The van der Waals surface area contributed by atoms with E-state index < -0.39 is 11.7 Å². The van der Waals surface area contributed by atoms with E-state index in [0.717, 1.165) is 17.7 Å². The van der Waals surface area contributed by atoms with Crippen LogP contribution in [0.2, 0.25) is 0 Å². The van der Waals surface area contributed by atoms with Gasteiger partial charge in [0.05, 0.1) is 11.3 Å². The van der Waals surface area contributed by atoms with E-state index in [1.54, 1.807) is 67.1 Å². The van der Waals surface area contributed by atoms with E-state index in [1.165, 1.54) is 37.3 Å². The molecule has 4 aromatic rings. The Hall–Kier alpha value is -4.18. The maximum atomic E-state index is 15.0. The predicted octanol–water partition coefficient (Wildman–Crippen LogP) is 6.43. The predicted molar refractivity (Wildman–Crippen MR) is 147 cm³/mol. The number of nitrogens with one attached hydrogen (secondary N) is 2. The van der Waals surface area contributed by atoms with Gasteiger partial charge in [0, 0.05) is 46.8 Å². The molecule has 4 N–H and O–H groups in total. The fraction of sp³-hybridized carbons (Fsp3) is 0.214. The highest BCUT2D eigenvalue weighted by molar-refractivity contribution is 8.00. The third-order valence-corrected chi connectivity index (χ3v) is 7.07. The van der Waals surface area contributed by atoms with Gasteiger partial charge in [0.2, 0.25) is 11.9 Å². The Morgan fingerprint density at radius 1 is 1.00 bits per heavy atom. The maximum absolute atomic E-state index is 15.0. The van der Waals surface area contributed by atoms with Crippen molar-refractivity contribution in [3.63, 3.8) is 0 Å². The van der Waals surface area contributed by atoms with Gasteiger partial charge >= 0.3 is 0 Å². The fourth-order valence-electron chi connectivity index (χ4n) is 4.24. The van der Waals surface area contributed by atoms with Gasteiger partial charge in [-0.15, -0.1) is 0 Å². The number of primary amides is 1. The molecule has 10 heteroatoms. The van der Waals surface area contributed by atoms with Crippen LogP contribution in [0.3, 0.4) is 0 Å². The summed E-state index contributed by atoms with van der Waals surface area (Å²) >= 11 is 1.29. The van der Waals surface area contributed by atoms with Crippen molar-refractivity contribution in [3.8, 4) is 22.8 Å². The second kappa shape index (κ2) is 11.9. The van der Waals surface area contributed by atoms with E-state index in [1.807, 2.05) is 0 Å². The van der Waals surface area contributed by atoms with E-state index >= 15 is 0 Å². The minimum atomic E-state index is -0.523.